The van der Waals surface area contributed by atoms with Crippen LogP contribution in [-0.2, 0) is 10.0 Å². The molecule has 9 nitrogen and oxygen atoms in total. The van der Waals surface area contributed by atoms with Gasteiger partial charge in [-0.2, -0.15) is 9.40 Å². The quantitative estimate of drug-likeness (QED) is 0.582. The Morgan fingerprint density at radius 2 is 1.61 bits per heavy atom. The van der Waals surface area contributed by atoms with Crippen molar-refractivity contribution in [3.63, 3.8) is 0 Å². The lowest BCUT2D eigenvalue weighted by Gasteiger charge is -2.34. The summed E-state index contributed by atoms with van der Waals surface area (Å²) in [6, 6.07) is 13.8. The minimum absolute atomic E-state index is 0.116. The second-order valence-electron chi connectivity index (χ2n) is 7.93. The van der Waals surface area contributed by atoms with Crippen molar-refractivity contribution in [3.05, 3.63) is 66.0 Å². The predicted octanol–water partition coefficient (Wildman–Crippen LogP) is 2.10. The summed E-state index contributed by atoms with van der Waals surface area (Å²) in [5.74, 6) is 0.865. The Labute approximate surface area is 192 Å². The number of fused-ring (bicyclic) bond motifs is 1. The molecule has 10 heteroatoms. The third kappa shape index (κ3) is 4.07. The summed E-state index contributed by atoms with van der Waals surface area (Å²) in [5.41, 5.74) is 2.44. The van der Waals surface area contributed by atoms with Crippen LogP contribution in [0.3, 0.4) is 0 Å². The van der Waals surface area contributed by atoms with E-state index in [0.29, 0.717) is 43.4 Å². The average Bonchev–Trinajstić information content (AvgIpc) is 3.29. The number of benzene rings is 2. The first kappa shape index (κ1) is 21.5. The lowest BCUT2D eigenvalue weighted by Crippen LogP contribution is -2.50. The molecule has 2 aliphatic rings. The molecule has 172 valence electrons. The third-order valence-corrected chi connectivity index (χ3v) is 7.76. The van der Waals surface area contributed by atoms with Gasteiger partial charge in [-0.25, -0.2) is 13.1 Å². The van der Waals surface area contributed by atoms with Gasteiger partial charge in [0, 0.05) is 49.7 Å². The van der Waals surface area contributed by atoms with Gasteiger partial charge in [0.2, 0.25) is 10.0 Å². The van der Waals surface area contributed by atoms with Gasteiger partial charge in [0.05, 0.1) is 10.6 Å². The highest BCUT2D eigenvalue weighted by molar-refractivity contribution is 7.89. The van der Waals surface area contributed by atoms with Crippen molar-refractivity contribution < 1.29 is 22.7 Å². The van der Waals surface area contributed by atoms with Gasteiger partial charge in [-0.1, -0.05) is 0 Å². The molecular weight excluding hydrogens is 444 g/mol. The summed E-state index contributed by atoms with van der Waals surface area (Å²) in [7, 11) is -3.69. The highest BCUT2D eigenvalue weighted by Gasteiger charge is 2.31. The van der Waals surface area contributed by atoms with Gasteiger partial charge in [0.1, 0.15) is 13.2 Å². The van der Waals surface area contributed by atoms with Crippen molar-refractivity contribution in [2.75, 3.05) is 39.4 Å². The number of carbonyl (C=O) groups excluding carboxylic acids is 1. The Hall–Kier alpha value is -3.37. The van der Waals surface area contributed by atoms with E-state index in [1.165, 1.54) is 16.4 Å². The van der Waals surface area contributed by atoms with Gasteiger partial charge >= 0.3 is 0 Å². The zero-order chi connectivity index (χ0) is 23.0. The second kappa shape index (κ2) is 8.53. The van der Waals surface area contributed by atoms with E-state index in [-0.39, 0.29) is 23.9 Å². The minimum Gasteiger partial charge on any atom is -0.486 e. The van der Waals surface area contributed by atoms with Crippen LogP contribution in [0.15, 0.2) is 59.6 Å². The summed E-state index contributed by atoms with van der Waals surface area (Å²) in [6.45, 7) is 3.90. The Bertz CT molecular complexity index is 1280. The van der Waals surface area contributed by atoms with Crippen molar-refractivity contribution in [1.82, 2.24) is 19.0 Å². The molecule has 2 aliphatic heterocycles. The van der Waals surface area contributed by atoms with Crippen LogP contribution in [0, 0.1) is 6.92 Å². The Morgan fingerprint density at radius 3 is 2.27 bits per heavy atom. The van der Waals surface area contributed by atoms with Gasteiger partial charge in [0.15, 0.2) is 11.5 Å². The lowest BCUT2D eigenvalue weighted by atomic mass is 10.1. The number of rotatable bonds is 4. The highest BCUT2D eigenvalue weighted by Crippen LogP contribution is 2.33. The largest absolute Gasteiger partial charge is 0.486 e. The van der Waals surface area contributed by atoms with Crippen LogP contribution >= 0.6 is 0 Å². The number of aromatic nitrogens is 2. The number of amides is 1. The SMILES string of the molecule is Cc1ccnn1-c1ccc(C(=O)N2CCN(S(=O)(=O)c3ccc4c(c3)OCCO4)CC2)cc1. The number of carbonyl (C=O) groups is 1. The van der Waals surface area contributed by atoms with Crippen molar-refractivity contribution in [2.24, 2.45) is 0 Å². The molecule has 1 fully saturated rings. The molecule has 1 amide bonds. The van der Waals surface area contributed by atoms with Crippen LogP contribution in [0.5, 0.6) is 11.5 Å². The number of hydrogen-bond acceptors (Lipinski definition) is 6. The van der Waals surface area contributed by atoms with Crippen LogP contribution in [0.4, 0.5) is 0 Å². The Morgan fingerprint density at radius 1 is 0.909 bits per heavy atom. The molecular formula is C23H24N4O5S. The van der Waals surface area contributed by atoms with E-state index < -0.39 is 10.0 Å². The van der Waals surface area contributed by atoms with E-state index in [9.17, 15) is 13.2 Å². The van der Waals surface area contributed by atoms with E-state index in [2.05, 4.69) is 5.10 Å². The van der Waals surface area contributed by atoms with Gasteiger partial charge in [-0.15, -0.1) is 0 Å². The molecule has 3 heterocycles. The van der Waals surface area contributed by atoms with E-state index >= 15 is 0 Å². The molecule has 0 radical (unpaired) electrons. The maximum atomic E-state index is 13.1. The lowest BCUT2D eigenvalue weighted by molar-refractivity contribution is 0.0698. The van der Waals surface area contributed by atoms with Crippen molar-refractivity contribution in [1.29, 1.82) is 0 Å². The highest BCUT2D eigenvalue weighted by atomic mass is 32.2. The number of hydrogen-bond donors (Lipinski definition) is 0. The maximum Gasteiger partial charge on any atom is 0.253 e. The first-order valence-electron chi connectivity index (χ1n) is 10.7. The van der Waals surface area contributed by atoms with Crippen LogP contribution < -0.4 is 9.47 Å². The Balaban J connectivity index is 1.25. The molecule has 3 aromatic rings. The van der Waals surface area contributed by atoms with E-state index in [4.69, 9.17) is 9.47 Å². The number of nitrogens with zero attached hydrogens (tertiary/aromatic N) is 4. The first-order valence-corrected chi connectivity index (χ1v) is 12.2. The zero-order valence-corrected chi connectivity index (χ0v) is 19.0. The standard InChI is InChI=1S/C23H24N4O5S/c1-17-8-9-24-27(17)19-4-2-18(3-5-19)23(28)25-10-12-26(13-11-25)33(29,30)20-6-7-21-22(16-20)32-15-14-31-21/h2-9,16H,10-15H2,1H3. The predicted molar refractivity (Wildman–Crippen MR) is 120 cm³/mol. The molecule has 0 spiro atoms. The molecule has 0 unspecified atom stereocenters. The molecule has 0 N–H and O–H groups in total. The molecule has 5 rings (SSSR count). The van der Waals surface area contributed by atoms with Crippen LogP contribution in [0.1, 0.15) is 16.1 Å². The molecule has 0 aliphatic carbocycles. The summed E-state index contributed by atoms with van der Waals surface area (Å²) in [4.78, 5) is 14.8. The monoisotopic (exact) mass is 468 g/mol. The number of ether oxygens (including phenoxy) is 2. The normalized spacial score (nSPS) is 16.6. The smallest absolute Gasteiger partial charge is 0.253 e. The number of aryl methyl sites for hydroxylation is 1. The topological polar surface area (TPSA) is 94.0 Å². The first-order chi connectivity index (χ1) is 15.9. The van der Waals surface area contributed by atoms with Crippen LogP contribution in [-0.4, -0.2) is 72.7 Å². The van der Waals surface area contributed by atoms with E-state index in [1.54, 1.807) is 34.0 Å². The van der Waals surface area contributed by atoms with Crippen molar-refractivity contribution >= 4 is 15.9 Å². The maximum absolute atomic E-state index is 13.1. The second-order valence-corrected chi connectivity index (χ2v) is 9.87. The van der Waals surface area contributed by atoms with E-state index in [1.807, 2.05) is 25.1 Å². The minimum atomic E-state index is -3.69. The van der Waals surface area contributed by atoms with Gasteiger partial charge in [-0.05, 0) is 49.4 Å². The van der Waals surface area contributed by atoms with Gasteiger partial charge in [0.25, 0.3) is 5.91 Å². The fraction of sp³-hybridized carbons (Fsp3) is 0.304. The summed E-state index contributed by atoms with van der Waals surface area (Å²) in [5, 5.41) is 4.27. The fourth-order valence-corrected chi connectivity index (χ4v) is 5.47. The third-order valence-electron chi connectivity index (χ3n) is 5.87. The Kier molecular flexibility index (Phi) is 5.55. The van der Waals surface area contributed by atoms with E-state index in [0.717, 1.165) is 11.4 Å². The summed E-state index contributed by atoms with van der Waals surface area (Å²) >= 11 is 0. The van der Waals surface area contributed by atoms with Gasteiger partial charge < -0.3 is 14.4 Å². The summed E-state index contributed by atoms with van der Waals surface area (Å²) in [6.07, 6.45) is 1.73. The molecule has 0 saturated carbocycles. The molecule has 33 heavy (non-hydrogen) atoms. The fourth-order valence-electron chi connectivity index (χ4n) is 4.03. The number of sulfonamides is 1. The van der Waals surface area contributed by atoms with Crippen molar-refractivity contribution in [3.8, 4) is 17.2 Å². The van der Waals surface area contributed by atoms with Crippen LogP contribution in [0.2, 0.25) is 0 Å². The average molecular weight is 469 g/mol. The number of piperazine rings is 1. The van der Waals surface area contributed by atoms with Crippen LogP contribution in [0.25, 0.3) is 5.69 Å². The zero-order valence-electron chi connectivity index (χ0n) is 18.2. The molecule has 0 atom stereocenters. The molecule has 1 aromatic heterocycles. The molecule has 2 aromatic carbocycles. The summed E-state index contributed by atoms with van der Waals surface area (Å²) < 4.78 is 40.4. The molecule has 0 bridgehead atoms. The van der Waals surface area contributed by atoms with Crippen molar-refractivity contribution in [2.45, 2.75) is 11.8 Å². The van der Waals surface area contributed by atoms with Gasteiger partial charge in [-0.3, -0.25) is 4.79 Å². The molecule has 1 saturated heterocycles.